The number of aromatic hydroxyl groups is 1. The van der Waals surface area contributed by atoms with Crippen molar-refractivity contribution in [2.45, 2.75) is 25.9 Å². The molecular formula is C13H16N4O3. The third kappa shape index (κ3) is 3.79. The van der Waals surface area contributed by atoms with Crippen molar-refractivity contribution >= 4 is 5.91 Å². The summed E-state index contributed by atoms with van der Waals surface area (Å²) in [5.41, 5.74) is 6.69. The minimum absolute atomic E-state index is 0.156. The van der Waals surface area contributed by atoms with Gasteiger partial charge in [-0.25, -0.2) is 0 Å². The molecule has 1 amide bonds. The summed E-state index contributed by atoms with van der Waals surface area (Å²) in [5.74, 6) is 0.739. The number of phenols is 1. The number of nitrogens with zero attached hydrogens (tertiary/aromatic N) is 2. The summed E-state index contributed by atoms with van der Waals surface area (Å²) in [4.78, 5) is 15.8. The molecule has 1 unspecified atom stereocenters. The van der Waals surface area contributed by atoms with E-state index >= 15 is 0 Å². The van der Waals surface area contributed by atoms with Gasteiger partial charge in [0.15, 0.2) is 5.82 Å². The second-order valence-electron chi connectivity index (χ2n) is 4.43. The molecule has 0 bridgehead atoms. The number of benzene rings is 1. The van der Waals surface area contributed by atoms with Crippen molar-refractivity contribution in [3.8, 4) is 5.75 Å². The first-order valence-electron chi connectivity index (χ1n) is 6.15. The number of nitrogens with two attached hydrogens (primary N) is 1. The topological polar surface area (TPSA) is 114 Å². The lowest BCUT2D eigenvalue weighted by atomic mass is 10.1. The van der Waals surface area contributed by atoms with E-state index in [9.17, 15) is 9.90 Å². The van der Waals surface area contributed by atoms with E-state index in [4.69, 9.17) is 10.3 Å². The minimum Gasteiger partial charge on any atom is -0.508 e. The summed E-state index contributed by atoms with van der Waals surface area (Å²) >= 11 is 0. The van der Waals surface area contributed by atoms with Gasteiger partial charge >= 0.3 is 0 Å². The van der Waals surface area contributed by atoms with Gasteiger partial charge < -0.3 is 20.7 Å². The molecule has 0 saturated heterocycles. The fraction of sp³-hybridized carbons (Fsp3) is 0.308. The van der Waals surface area contributed by atoms with E-state index < -0.39 is 6.04 Å². The number of amides is 1. The number of rotatable bonds is 5. The first-order chi connectivity index (χ1) is 9.54. The van der Waals surface area contributed by atoms with E-state index in [1.807, 2.05) is 0 Å². The summed E-state index contributed by atoms with van der Waals surface area (Å²) in [5, 5.41) is 15.4. The van der Waals surface area contributed by atoms with Crippen LogP contribution in [0.15, 0.2) is 28.8 Å². The highest BCUT2D eigenvalue weighted by Gasteiger charge is 2.15. The highest BCUT2D eigenvalue weighted by atomic mass is 16.5. The number of carbonyl (C=O) groups is 1. The van der Waals surface area contributed by atoms with Gasteiger partial charge in [-0.3, -0.25) is 4.79 Å². The van der Waals surface area contributed by atoms with Crippen molar-refractivity contribution in [1.29, 1.82) is 0 Å². The Morgan fingerprint density at radius 2 is 2.15 bits per heavy atom. The molecule has 1 atom stereocenters. The summed E-state index contributed by atoms with van der Waals surface area (Å²) in [6, 6.07) is 5.89. The molecule has 1 aromatic carbocycles. The van der Waals surface area contributed by atoms with Crippen molar-refractivity contribution in [1.82, 2.24) is 15.5 Å². The third-order valence-corrected chi connectivity index (χ3v) is 2.71. The van der Waals surface area contributed by atoms with Crippen LogP contribution in [0.2, 0.25) is 0 Å². The van der Waals surface area contributed by atoms with E-state index in [0.717, 1.165) is 5.56 Å². The summed E-state index contributed by atoms with van der Waals surface area (Å²) < 4.78 is 4.88. The van der Waals surface area contributed by atoms with Crippen LogP contribution in [0.4, 0.5) is 0 Å². The zero-order chi connectivity index (χ0) is 14.5. The lowest BCUT2D eigenvalue weighted by Crippen LogP contribution is -2.41. The molecule has 0 aliphatic heterocycles. The second kappa shape index (κ2) is 6.16. The van der Waals surface area contributed by atoms with Crippen molar-refractivity contribution in [2.75, 3.05) is 0 Å². The Labute approximate surface area is 115 Å². The van der Waals surface area contributed by atoms with E-state index in [2.05, 4.69) is 15.5 Å². The molecular weight excluding hydrogens is 260 g/mol. The molecule has 1 heterocycles. The summed E-state index contributed by atoms with van der Waals surface area (Å²) in [6.45, 7) is 1.86. The molecule has 0 aliphatic rings. The molecule has 7 heteroatoms. The first-order valence-corrected chi connectivity index (χ1v) is 6.15. The number of nitrogens with one attached hydrogen (secondary N) is 1. The molecule has 106 valence electrons. The largest absolute Gasteiger partial charge is 0.508 e. The van der Waals surface area contributed by atoms with Crippen molar-refractivity contribution in [3.63, 3.8) is 0 Å². The maximum Gasteiger partial charge on any atom is 0.246 e. The fourth-order valence-corrected chi connectivity index (χ4v) is 1.68. The van der Waals surface area contributed by atoms with Gasteiger partial charge in [-0.15, -0.1) is 0 Å². The van der Waals surface area contributed by atoms with Crippen LogP contribution >= 0.6 is 0 Å². The van der Waals surface area contributed by atoms with Gasteiger partial charge in [0, 0.05) is 0 Å². The highest BCUT2D eigenvalue weighted by molar-refractivity contribution is 5.81. The van der Waals surface area contributed by atoms with Gasteiger partial charge in [-0.1, -0.05) is 17.3 Å². The maximum atomic E-state index is 11.8. The Hall–Kier alpha value is -2.41. The van der Waals surface area contributed by atoms with Gasteiger partial charge in [0.05, 0.1) is 12.6 Å². The standard InChI is InChI=1S/C13H16N4O3/c1-8-16-12(20-17-8)7-15-13(19)11(14)6-9-2-4-10(18)5-3-9/h2-5,11,18H,6-7,14H2,1H3,(H,15,19). The Morgan fingerprint density at radius 1 is 1.45 bits per heavy atom. The number of aromatic nitrogens is 2. The minimum atomic E-state index is -0.677. The molecule has 2 rings (SSSR count). The van der Waals surface area contributed by atoms with Crippen LogP contribution in [0, 0.1) is 6.92 Å². The predicted molar refractivity (Wildman–Crippen MR) is 70.7 cm³/mol. The Balaban J connectivity index is 1.84. The Morgan fingerprint density at radius 3 is 2.75 bits per heavy atom. The van der Waals surface area contributed by atoms with Crippen LogP contribution < -0.4 is 11.1 Å². The van der Waals surface area contributed by atoms with Crippen LogP contribution in [0.25, 0.3) is 0 Å². The monoisotopic (exact) mass is 276 g/mol. The smallest absolute Gasteiger partial charge is 0.246 e. The van der Waals surface area contributed by atoms with E-state index in [-0.39, 0.29) is 18.2 Å². The number of carbonyl (C=O) groups excluding carboxylic acids is 1. The number of phenolic OH excluding ortho intramolecular Hbond substituents is 1. The average molecular weight is 276 g/mol. The van der Waals surface area contributed by atoms with Crippen LogP contribution in [0.5, 0.6) is 5.75 Å². The molecule has 4 N–H and O–H groups in total. The summed E-state index contributed by atoms with van der Waals surface area (Å²) in [7, 11) is 0. The predicted octanol–water partition coefficient (Wildman–Crippen LogP) is 0.270. The molecule has 7 nitrogen and oxygen atoms in total. The van der Waals surface area contributed by atoms with Crippen LogP contribution in [-0.2, 0) is 17.8 Å². The molecule has 20 heavy (non-hydrogen) atoms. The molecule has 0 saturated carbocycles. The van der Waals surface area contributed by atoms with Crippen LogP contribution in [0.1, 0.15) is 17.3 Å². The lowest BCUT2D eigenvalue weighted by molar-refractivity contribution is -0.122. The van der Waals surface area contributed by atoms with Crippen LogP contribution in [-0.4, -0.2) is 27.2 Å². The van der Waals surface area contributed by atoms with Gasteiger partial charge in [-0.2, -0.15) is 4.98 Å². The highest BCUT2D eigenvalue weighted by Crippen LogP contribution is 2.10. The quantitative estimate of drug-likeness (QED) is 0.722. The Bertz CT molecular complexity index is 580. The van der Waals surface area contributed by atoms with Gasteiger partial charge in [0.1, 0.15) is 5.75 Å². The number of hydrogen-bond acceptors (Lipinski definition) is 6. The van der Waals surface area contributed by atoms with Crippen molar-refractivity contribution in [2.24, 2.45) is 5.73 Å². The van der Waals surface area contributed by atoms with Crippen molar-refractivity contribution in [3.05, 3.63) is 41.5 Å². The maximum absolute atomic E-state index is 11.8. The molecule has 0 spiro atoms. The van der Waals surface area contributed by atoms with Crippen LogP contribution in [0.3, 0.4) is 0 Å². The lowest BCUT2D eigenvalue weighted by Gasteiger charge is -2.11. The Kier molecular flexibility index (Phi) is 4.31. The molecule has 0 aliphatic carbocycles. The normalized spacial score (nSPS) is 12.1. The molecule has 0 fully saturated rings. The first kappa shape index (κ1) is 14.0. The zero-order valence-corrected chi connectivity index (χ0v) is 11.0. The molecule has 1 aromatic heterocycles. The number of aryl methyl sites for hydroxylation is 1. The molecule has 0 radical (unpaired) electrons. The summed E-state index contributed by atoms with van der Waals surface area (Å²) in [6.07, 6.45) is 0.384. The van der Waals surface area contributed by atoms with E-state index in [1.165, 1.54) is 0 Å². The third-order valence-electron chi connectivity index (χ3n) is 2.71. The number of hydrogen-bond donors (Lipinski definition) is 3. The fourth-order valence-electron chi connectivity index (χ4n) is 1.68. The van der Waals surface area contributed by atoms with E-state index in [0.29, 0.717) is 18.1 Å². The van der Waals surface area contributed by atoms with Crippen molar-refractivity contribution < 1.29 is 14.4 Å². The average Bonchev–Trinajstić information content (AvgIpc) is 2.84. The van der Waals surface area contributed by atoms with Gasteiger partial charge in [-0.05, 0) is 31.0 Å². The SMILES string of the molecule is Cc1noc(CNC(=O)C(N)Cc2ccc(O)cc2)n1. The zero-order valence-electron chi connectivity index (χ0n) is 11.0. The van der Waals surface area contributed by atoms with Gasteiger partial charge in [0.2, 0.25) is 11.8 Å². The van der Waals surface area contributed by atoms with Gasteiger partial charge in [0.25, 0.3) is 0 Å². The molecule has 2 aromatic rings. The van der Waals surface area contributed by atoms with E-state index in [1.54, 1.807) is 31.2 Å². The second-order valence-corrected chi connectivity index (χ2v) is 4.43.